The van der Waals surface area contributed by atoms with Gasteiger partial charge in [-0.25, -0.2) is 0 Å². The molecule has 0 unspecified atom stereocenters. The molecule has 0 radical (unpaired) electrons. The molecule has 0 aliphatic carbocycles. The molecular formula is C23H22N2O2. The number of fused-ring (bicyclic) bond motifs is 1. The average molecular weight is 358 g/mol. The molecule has 0 aromatic heterocycles. The predicted octanol–water partition coefficient (Wildman–Crippen LogP) is 5.16. The van der Waals surface area contributed by atoms with Crippen molar-refractivity contribution in [3.05, 3.63) is 89.5 Å². The molecule has 4 rings (SSSR count). The second kappa shape index (κ2) is 7.16. The van der Waals surface area contributed by atoms with E-state index in [2.05, 4.69) is 24.4 Å². The van der Waals surface area contributed by atoms with Gasteiger partial charge in [0, 0.05) is 22.5 Å². The van der Waals surface area contributed by atoms with Gasteiger partial charge in [0.2, 0.25) is 0 Å². The lowest BCUT2D eigenvalue weighted by Crippen LogP contribution is -2.32. The summed E-state index contributed by atoms with van der Waals surface area (Å²) < 4.78 is 5.53. The van der Waals surface area contributed by atoms with Crippen molar-refractivity contribution in [2.24, 2.45) is 0 Å². The van der Waals surface area contributed by atoms with Crippen LogP contribution in [-0.2, 0) is 0 Å². The maximum absolute atomic E-state index is 13.1. The second-order valence-electron chi connectivity index (χ2n) is 6.60. The summed E-state index contributed by atoms with van der Waals surface area (Å²) in [6.07, 6.45) is -0.255. The second-order valence-corrected chi connectivity index (χ2v) is 6.60. The fourth-order valence-electron chi connectivity index (χ4n) is 3.40. The Morgan fingerprint density at radius 2 is 1.67 bits per heavy atom. The van der Waals surface area contributed by atoms with Crippen LogP contribution in [0.4, 0.5) is 11.4 Å². The molecule has 0 bridgehead atoms. The summed E-state index contributed by atoms with van der Waals surface area (Å²) >= 11 is 0. The van der Waals surface area contributed by atoms with E-state index in [4.69, 9.17) is 4.74 Å². The smallest absolute Gasteiger partial charge is 0.260 e. The molecule has 1 N–H and O–H groups in total. The molecule has 1 amide bonds. The number of hydrogen-bond donors (Lipinski definition) is 1. The van der Waals surface area contributed by atoms with Crippen LogP contribution in [0.15, 0.2) is 72.8 Å². The molecule has 0 saturated heterocycles. The van der Waals surface area contributed by atoms with Crippen molar-refractivity contribution in [2.45, 2.75) is 20.0 Å². The molecule has 136 valence electrons. The summed E-state index contributed by atoms with van der Waals surface area (Å²) in [4.78, 5) is 14.9. The first-order valence-electron chi connectivity index (χ1n) is 9.16. The van der Waals surface area contributed by atoms with Gasteiger partial charge in [0.05, 0.1) is 6.61 Å². The van der Waals surface area contributed by atoms with Crippen LogP contribution in [0.1, 0.15) is 34.6 Å². The molecular weight excluding hydrogens is 336 g/mol. The Labute approximate surface area is 159 Å². The third-order valence-electron chi connectivity index (χ3n) is 4.74. The van der Waals surface area contributed by atoms with Crippen LogP contribution < -0.4 is 15.0 Å². The van der Waals surface area contributed by atoms with Crippen LogP contribution in [0.5, 0.6) is 5.75 Å². The number of carbonyl (C=O) groups excluding carboxylic acids is 1. The lowest BCUT2D eigenvalue weighted by atomic mass is 10.1. The minimum absolute atomic E-state index is 0.000582. The average Bonchev–Trinajstić information content (AvgIpc) is 2.97. The van der Waals surface area contributed by atoms with Crippen molar-refractivity contribution in [1.82, 2.24) is 0 Å². The van der Waals surface area contributed by atoms with E-state index in [1.54, 1.807) is 4.90 Å². The molecule has 1 atom stereocenters. The fraction of sp³-hybridized carbons (Fsp3) is 0.174. The van der Waals surface area contributed by atoms with E-state index in [1.807, 2.05) is 67.6 Å². The Kier molecular flexibility index (Phi) is 4.55. The van der Waals surface area contributed by atoms with E-state index < -0.39 is 0 Å². The molecule has 1 heterocycles. The van der Waals surface area contributed by atoms with Crippen molar-refractivity contribution in [3.63, 3.8) is 0 Å². The van der Waals surface area contributed by atoms with Crippen molar-refractivity contribution in [1.29, 1.82) is 0 Å². The summed E-state index contributed by atoms with van der Waals surface area (Å²) in [5, 5.41) is 3.52. The fourth-order valence-corrected chi connectivity index (χ4v) is 3.40. The Morgan fingerprint density at radius 1 is 0.963 bits per heavy atom. The zero-order chi connectivity index (χ0) is 18.8. The number of anilines is 2. The summed E-state index contributed by atoms with van der Waals surface area (Å²) in [6.45, 7) is 4.63. The number of nitrogens with zero attached hydrogens (tertiary/aromatic N) is 1. The van der Waals surface area contributed by atoms with Crippen LogP contribution in [0, 0.1) is 6.92 Å². The molecule has 3 aromatic carbocycles. The lowest BCUT2D eigenvalue weighted by molar-refractivity contribution is 0.0993. The number of benzene rings is 3. The Bertz CT molecular complexity index is 949. The number of amides is 1. The number of aryl methyl sites for hydroxylation is 1. The Hall–Kier alpha value is -3.27. The number of ether oxygens (including phenoxy) is 1. The van der Waals surface area contributed by atoms with Crippen LogP contribution in [0.3, 0.4) is 0 Å². The van der Waals surface area contributed by atoms with Gasteiger partial charge in [-0.3, -0.25) is 9.69 Å². The van der Waals surface area contributed by atoms with Gasteiger partial charge < -0.3 is 10.1 Å². The monoisotopic (exact) mass is 358 g/mol. The van der Waals surface area contributed by atoms with E-state index >= 15 is 0 Å². The van der Waals surface area contributed by atoms with E-state index in [0.717, 1.165) is 28.3 Å². The van der Waals surface area contributed by atoms with Crippen molar-refractivity contribution in [3.8, 4) is 5.75 Å². The van der Waals surface area contributed by atoms with Gasteiger partial charge in [-0.1, -0.05) is 35.9 Å². The van der Waals surface area contributed by atoms with Crippen LogP contribution in [-0.4, -0.2) is 12.5 Å². The third kappa shape index (κ3) is 3.26. The van der Waals surface area contributed by atoms with Crippen molar-refractivity contribution >= 4 is 17.3 Å². The highest BCUT2D eigenvalue weighted by Crippen LogP contribution is 2.38. The molecule has 0 saturated carbocycles. The number of nitrogens with one attached hydrogen (secondary N) is 1. The maximum atomic E-state index is 13.1. The first-order valence-corrected chi connectivity index (χ1v) is 9.16. The zero-order valence-electron chi connectivity index (χ0n) is 15.5. The topological polar surface area (TPSA) is 41.6 Å². The third-order valence-corrected chi connectivity index (χ3v) is 4.74. The highest BCUT2D eigenvalue weighted by atomic mass is 16.5. The van der Waals surface area contributed by atoms with Gasteiger partial charge in [0.15, 0.2) is 0 Å². The molecule has 27 heavy (non-hydrogen) atoms. The van der Waals surface area contributed by atoms with E-state index in [9.17, 15) is 4.79 Å². The highest BCUT2D eigenvalue weighted by molar-refractivity contribution is 6.11. The summed E-state index contributed by atoms with van der Waals surface area (Å²) in [5.41, 5.74) is 4.73. The van der Waals surface area contributed by atoms with Crippen molar-refractivity contribution < 1.29 is 9.53 Å². The molecule has 3 aromatic rings. The van der Waals surface area contributed by atoms with Gasteiger partial charge in [-0.05, 0) is 56.3 Å². The minimum atomic E-state index is -0.255. The number of carbonyl (C=O) groups is 1. The number of hydrogen-bond acceptors (Lipinski definition) is 3. The maximum Gasteiger partial charge on any atom is 0.260 e. The summed E-state index contributed by atoms with van der Waals surface area (Å²) in [7, 11) is 0. The van der Waals surface area contributed by atoms with Gasteiger partial charge in [0.25, 0.3) is 5.91 Å². The van der Waals surface area contributed by atoms with Crippen LogP contribution in [0.25, 0.3) is 0 Å². The summed E-state index contributed by atoms with van der Waals surface area (Å²) in [5.74, 6) is 0.799. The Morgan fingerprint density at radius 3 is 2.37 bits per heavy atom. The first-order chi connectivity index (χ1) is 13.2. The standard InChI is InChI=1S/C23H22N2O2/c1-3-27-19-14-12-18(13-15-19)25-22(24-17-10-8-16(2)9-11-17)20-6-4-5-7-21(20)23(25)26/h4-15,22,24H,3H2,1-2H3/t22-/m0/s1. The van der Waals surface area contributed by atoms with Gasteiger partial charge in [0.1, 0.15) is 11.9 Å². The SMILES string of the molecule is CCOc1ccc(N2C(=O)c3ccccc3[C@H]2Nc2ccc(C)cc2)cc1. The van der Waals surface area contributed by atoms with Gasteiger partial charge in [-0.15, -0.1) is 0 Å². The normalized spacial score (nSPS) is 15.6. The van der Waals surface area contributed by atoms with Crippen LogP contribution in [0.2, 0.25) is 0 Å². The lowest BCUT2D eigenvalue weighted by Gasteiger charge is -2.27. The van der Waals surface area contributed by atoms with E-state index in [1.165, 1.54) is 5.56 Å². The predicted molar refractivity (Wildman–Crippen MR) is 108 cm³/mol. The van der Waals surface area contributed by atoms with E-state index in [-0.39, 0.29) is 12.1 Å². The summed E-state index contributed by atoms with van der Waals surface area (Å²) in [6, 6.07) is 23.6. The van der Waals surface area contributed by atoms with Crippen LogP contribution >= 0.6 is 0 Å². The van der Waals surface area contributed by atoms with E-state index in [0.29, 0.717) is 6.61 Å². The number of rotatable bonds is 5. The van der Waals surface area contributed by atoms with Gasteiger partial charge in [-0.2, -0.15) is 0 Å². The molecule has 0 spiro atoms. The molecule has 4 heteroatoms. The zero-order valence-corrected chi connectivity index (χ0v) is 15.5. The Balaban J connectivity index is 1.71. The molecule has 1 aliphatic heterocycles. The van der Waals surface area contributed by atoms with Crippen molar-refractivity contribution in [2.75, 3.05) is 16.8 Å². The quantitative estimate of drug-likeness (QED) is 0.684. The first kappa shape index (κ1) is 17.2. The minimum Gasteiger partial charge on any atom is -0.494 e. The molecule has 4 nitrogen and oxygen atoms in total. The molecule has 1 aliphatic rings. The van der Waals surface area contributed by atoms with Gasteiger partial charge >= 0.3 is 0 Å². The largest absolute Gasteiger partial charge is 0.494 e. The highest BCUT2D eigenvalue weighted by Gasteiger charge is 2.37. The molecule has 0 fully saturated rings.